The quantitative estimate of drug-likeness (QED) is 0.670. The van der Waals surface area contributed by atoms with Gasteiger partial charge in [0.1, 0.15) is 12.6 Å². The zero-order valence-electron chi connectivity index (χ0n) is 14.0. The summed E-state index contributed by atoms with van der Waals surface area (Å²) < 4.78 is 10.6. The van der Waals surface area contributed by atoms with Gasteiger partial charge in [-0.15, -0.1) is 0 Å². The maximum atomic E-state index is 11.9. The average Bonchev–Trinajstić information content (AvgIpc) is 2.61. The number of carbonyl (C=O) groups excluding carboxylic acids is 2. The molecule has 0 aliphatic carbocycles. The van der Waals surface area contributed by atoms with Crippen molar-refractivity contribution in [1.82, 2.24) is 10.6 Å². The molecule has 130 valence electrons. The third-order valence-electron chi connectivity index (χ3n) is 3.30. The smallest absolute Gasteiger partial charge is 0.408 e. The molecule has 7 nitrogen and oxygen atoms in total. The van der Waals surface area contributed by atoms with Crippen LogP contribution in [0.3, 0.4) is 0 Å². The minimum atomic E-state index is -0.875. The van der Waals surface area contributed by atoms with E-state index < -0.39 is 18.2 Å². The Hall–Kier alpha value is -2.59. The summed E-state index contributed by atoms with van der Waals surface area (Å²) in [5.74, 6) is -0.376. The fourth-order valence-electron chi connectivity index (χ4n) is 1.96. The number of rotatable bonds is 9. The minimum Gasteiger partial charge on any atom is -0.445 e. The van der Waals surface area contributed by atoms with Crippen molar-refractivity contribution in [3.05, 3.63) is 35.9 Å². The third-order valence-corrected chi connectivity index (χ3v) is 3.30. The van der Waals surface area contributed by atoms with Crippen LogP contribution < -0.4 is 10.6 Å². The second-order valence-corrected chi connectivity index (χ2v) is 5.14. The summed E-state index contributed by atoms with van der Waals surface area (Å²) in [6.45, 7) is 2.14. The van der Waals surface area contributed by atoms with Crippen molar-refractivity contribution in [2.45, 2.75) is 38.5 Å². The summed E-state index contributed by atoms with van der Waals surface area (Å²) in [6.07, 6.45) is -0.295. The lowest BCUT2D eigenvalue weighted by atomic mass is 10.1. The number of likely N-dealkylation sites (N-methyl/N-ethyl adjacent to an activating group) is 1. The normalized spacial score (nSPS) is 12.5. The topological polar surface area (TPSA) is 100 Å². The highest BCUT2D eigenvalue weighted by atomic mass is 16.5. The number of alkyl carbamates (subject to hydrolysis) is 1. The van der Waals surface area contributed by atoms with Crippen molar-refractivity contribution in [2.24, 2.45) is 0 Å². The summed E-state index contributed by atoms with van der Waals surface area (Å²) in [5, 5.41) is 13.5. The highest BCUT2D eigenvalue weighted by Gasteiger charge is 2.27. The lowest BCUT2D eigenvalue weighted by Crippen LogP contribution is -2.52. The van der Waals surface area contributed by atoms with Crippen LogP contribution in [0.2, 0.25) is 0 Å². The van der Waals surface area contributed by atoms with Gasteiger partial charge in [-0.3, -0.25) is 4.79 Å². The zero-order chi connectivity index (χ0) is 17.8. The Bertz CT molecular complexity index is 557. The van der Waals surface area contributed by atoms with Crippen LogP contribution in [0.15, 0.2) is 30.3 Å². The predicted molar refractivity (Wildman–Crippen MR) is 87.9 cm³/mol. The number of hydrogen-bond acceptors (Lipinski definition) is 5. The molecule has 1 rings (SSSR count). The van der Waals surface area contributed by atoms with Crippen LogP contribution >= 0.6 is 0 Å². The summed E-state index contributed by atoms with van der Waals surface area (Å²) in [4.78, 5) is 23.9. The summed E-state index contributed by atoms with van der Waals surface area (Å²) in [5.41, 5.74) is 0.852. The van der Waals surface area contributed by atoms with E-state index in [0.29, 0.717) is 19.4 Å². The van der Waals surface area contributed by atoms with E-state index in [1.54, 1.807) is 6.92 Å². The minimum absolute atomic E-state index is 0.116. The first-order valence-electron chi connectivity index (χ1n) is 7.75. The lowest BCUT2D eigenvalue weighted by Gasteiger charge is -2.23. The van der Waals surface area contributed by atoms with Crippen LogP contribution in [0.4, 0.5) is 4.79 Å². The molecular weight excluding hydrogens is 310 g/mol. The highest BCUT2D eigenvalue weighted by Crippen LogP contribution is 2.04. The molecule has 2 atom stereocenters. The molecule has 0 spiro atoms. The first-order valence-corrected chi connectivity index (χ1v) is 7.75. The van der Waals surface area contributed by atoms with Gasteiger partial charge >= 0.3 is 6.09 Å². The SMILES string of the molecule is CNC(=O)[C@@H](NC(=O)OCc1ccccc1)[C@@H](C)OCCCC#N. The predicted octanol–water partition coefficient (Wildman–Crippen LogP) is 1.74. The molecule has 0 radical (unpaired) electrons. The summed E-state index contributed by atoms with van der Waals surface area (Å²) in [7, 11) is 1.48. The Morgan fingerprint density at radius 2 is 2.00 bits per heavy atom. The number of hydrogen-bond donors (Lipinski definition) is 2. The number of benzene rings is 1. The second-order valence-electron chi connectivity index (χ2n) is 5.14. The van der Waals surface area contributed by atoms with E-state index in [1.165, 1.54) is 7.05 Å². The maximum absolute atomic E-state index is 11.9. The molecule has 0 unspecified atom stereocenters. The number of nitrogens with one attached hydrogen (secondary N) is 2. The number of nitrogens with zero attached hydrogens (tertiary/aromatic N) is 1. The standard InChI is InChI=1S/C17H23N3O4/c1-13(23-11-7-6-10-18)15(16(21)19-2)20-17(22)24-12-14-8-4-3-5-9-14/h3-5,8-9,13,15H,6-7,11-12H2,1-2H3,(H,19,21)(H,20,22)/t13-,15+/m1/s1. The van der Waals surface area contributed by atoms with E-state index in [0.717, 1.165) is 5.56 Å². The second kappa shape index (κ2) is 11.0. The Balaban J connectivity index is 2.50. The highest BCUT2D eigenvalue weighted by molar-refractivity contribution is 5.85. The Labute approximate surface area is 141 Å². The van der Waals surface area contributed by atoms with Crippen LogP contribution in [-0.2, 0) is 20.9 Å². The van der Waals surface area contributed by atoms with Gasteiger partial charge in [0.2, 0.25) is 5.91 Å². The van der Waals surface area contributed by atoms with Crippen molar-refractivity contribution in [3.8, 4) is 6.07 Å². The van der Waals surface area contributed by atoms with Crippen molar-refractivity contribution in [3.63, 3.8) is 0 Å². The van der Waals surface area contributed by atoms with Gasteiger partial charge in [-0.1, -0.05) is 30.3 Å². The van der Waals surface area contributed by atoms with Crippen molar-refractivity contribution < 1.29 is 19.1 Å². The molecule has 0 fully saturated rings. The first kappa shape index (κ1) is 19.5. The summed E-state index contributed by atoms with van der Waals surface area (Å²) >= 11 is 0. The molecule has 0 aliphatic rings. The lowest BCUT2D eigenvalue weighted by molar-refractivity contribution is -0.126. The fraction of sp³-hybridized carbons (Fsp3) is 0.471. The van der Waals surface area contributed by atoms with Crippen LogP contribution in [0.5, 0.6) is 0 Å². The molecule has 0 bridgehead atoms. The van der Waals surface area contributed by atoms with Gasteiger partial charge in [-0.2, -0.15) is 5.26 Å². The van der Waals surface area contributed by atoms with E-state index in [1.807, 2.05) is 36.4 Å². The molecule has 24 heavy (non-hydrogen) atoms. The molecule has 0 aliphatic heterocycles. The fourth-order valence-corrected chi connectivity index (χ4v) is 1.96. The van der Waals surface area contributed by atoms with Crippen LogP contribution in [0, 0.1) is 11.3 Å². The molecule has 0 heterocycles. The molecule has 1 aromatic rings. The number of ether oxygens (including phenoxy) is 2. The molecule has 2 amide bonds. The Morgan fingerprint density at radius 3 is 2.62 bits per heavy atom. The van der Waals surface area contributed by atoms with Gasteiger partial charge in [0.15, 0.2) is 0 Å². The van der Waals surface area contributed by atoms with Crippen LogP contribution in [0.1, 0.15) is 25.3 Å². The molecule has 2 N–H and O–H groups in total. The summed E-state index contributed by atoms with van der Waals surface area (Å²) in [6, 6.07) is 10.4. The molecule has 0 saturated carbocycles. The number of carbonyl (C=O) groups is 2. The van der Waals surface area contributed by atoms with Gasteiger partial charge in [-0.25, -0.2) is 4.79 Å². The maximum Gasteiger partial charge on any atom is 0.408 e. The van der Waals surface area contributed by atoms with Crippen molar-refractivity contribution in [2.75, 3.05) is 13.7 Å². The van der Waals surface area contributed by atoms with E-state index in [9.17, 15) is 9.59 Å². The average molecular weight is 333 g/mol. The van der Waals surface area contributed by atoms with E-state index in [-0.39, 0.29) is 12.5 Å². The van der Waals surface area contributed by atoms with Gasteiger partial charge < -0.3 is 20.1 Å². The Morgan fingerprint density at radius 1 is 1.29 bits per heavy atom. The van der Waals surface area contributed by atoms with E-state index in [2.05, 4.69) is 10.6 Å². The monoisotopic (exact) mass is 333 g/mol. The van der Waals surface area contributed by atoms with Gasteiger partial charge in [-0.05, 0) is 18.9 Å². The van der Waals surface area contributed by atoms with E-state index in [4.69, 9.17) is 14.7 Å². The van der Waals surface area contributed by atoms with Gasteiger partial charge in [0.05, 0.1) is 12.2 Å². The van der Waals surface area contributed by atoms with E-state index >= 15 is 0 Å². The van der Waals surface area contributed by atoms with Crippen molar-refractivity contribution >= 4 is 12.0 Å². The van der Waals surface area contributed by atoms with Gasteiger partial charge in [0.25, 0.3) is 0 Å². The Kier molecular flexibility index (Phi) is 8.94. The van der Waals surface area contributed by atoms with Crippen LogP contribution in [0.25, 0.3) is 0 Å². The van der Waals surface area contributed by atoms with Gasteiger partial charge in [0, 0.05) is 20.1 Å². The third kappa shape index (κ3) is 7.11. The number of unbranched alkanes of at least 4 members (excludes halogenated alkanes) is 1. The first-order chi connectivity index (χ1) is 11.6. The molecule has 1 aromatic carbocycles. The zero-order valence-corrected chi connectivity index (χ0v) is 14.0. The molecule has 0 saturated heterocycles. The van der Waals surface area contributed by atoms with Crippen LogP contribution in [-0.4, -0.2) is 37.8 Å². The largest absolute Gasteiger partial charge is 0.445 e. The molecular formula is C17H23N3O4. The number of amides is 2. The van der Waals surface area contributed by atoms with Crippen molar-refractivity contribution in [1.29, 1.82) is 5.26 Å². The number of nitriles is 1. The molecule has 7 heteroatoms. The molecule has 0 aromatic heterocycles.